The summed E-state index contributed by atoms with van der Waals surface area (Å²) in [6.45, 7) is 3.83. The van der Waals surface area contributed by atoms with Crippen LogP contribution in [0.5, 0.6) is 5.75 Å². The molecule has 0 aliphatic heterocycles. The molecule has 3 aromatic rings. The van der Waals surface area contributed by atoms with Gasteiger partial charge in [-0.1, -0.05) is 36.7 Å². The molecule has 0 saturated heterocycles. The third-order valence-electron chi connectivity index (χ3n) is 8.02. The number of halogens is 2. The molecule has 1 aromatic heterocycles. The number of para-hydroxylation sites is 1. The number of ether oxygens (including phenoxy) is 1. The third-order valence-corrected chi connectivity index (χ3v) is 8.33. The van der Waals surface area contributed by atoms with Crippen LogP contribution in [0.1, 0.15) is 55.1 Å². The lowest BCUT2D eigenvalue weighted by molar-refractivity contribution is -0.127. The van der Waals surface area contributed by atoms with Gasteiger partial charge in [-0.15, -0.1) is 0 Å². The predicted molar refractivity (Wildman–Crippen MR) is 139 cm³/mol. The van der Waals surface area contributed by atoms with Gasteiger partial charge in [-0.25, -0.2) is 9.07 Å². The van der Waals surface area contributed by atoms with Gasteiger partial charge in [0.2, 0.25) is 0 Å². The molecule has 1 unspecified atom stereocenters. The van der Waals surface area contributed by atoms with E-state index in [1.165, 1.54) is 18.2 Å². The fourth-order valence-electron chi connectivity index (χ4n) is 5.88. The summed E-state index contributed by atoms with van der Waals surface area (Å²) in [7, 11) is 0. The molecule has 3 aliphatic rings. The Bertz CT molecular complexity index is 1320. The number of rotatable bonds is 7. The van der Waals surface area contributed by atoms with Crippen molar-refractivity contribution in [2.24, 2.45) is 5.92 Å². The Labute approximate surface area is 220 Å². The summed E-state index contributed by atoms with van der Waals surface area (Å²) < 4.78 is 20.9. The normalized spacial score (nSPS) is 24.5. The second kappa shape index (κ2) is 9.82. The maximum atomic E-state index is 13.6. The molecule has 7 nitrogen and oxygen atoms in total. The summed E-state index contributed by atoms with van der Waals surface area (Å²) in [5.41, 5.74) is 1.62. The fraction of sp³-hybridized carbons (Fsp3) is 0.393. The van der Waals surface area contributed by atoms with Crippen LogP contribution in [0.25, 0.3) is 5.69 Å². The maximum Gasteiger partial charge on any atom is 0.258 e. The highest BCUT2D eigenvalue weighted by molar-refractivity contribution is 6.30. The van der Waals surface area contributed by atoms with Gasteiger partial charge in [-0.3, -0.25) is 9.59 Å². The van der Waals surface area contributed by atoms with E-state index in [9.17, 15) is 14.0 Å². The van der Waals surface area contributed by atoms with Crippen LogP contribution in [0.2, 0.25) is 5.02 Å². The Morgan fingerprint density at radius 2 is 1.86 bits per heavy atom. The highest BCUT2D eigenvalue weighted by Gasteiger charge is 2.54. The minimum absolute atomic E-state index is 0.00449. The molecular weight excluding hydrogens is 495 g/mol. The zero-order valence-electron chi connectivity index (χ0n) is 20.9. The first-order valence-electron chi connectivity index (χ1n) is 12.5. The van der Waals surface area contributed by atoms with Gasteiger partial charge in [0, 0.05) is 17.1 Å². The lowest BCUT2D eigenvalue weighted by Gasteiger charge is -2.57. The van der Waals surface area contributed by atoms with E-state index in [2.05, 4.69) is 22.7 Å². The number of benzene rings is 2. The minimum atomic E-state index is -0.590. The van der Waals surface area contributed by atoms with Gasteiger partial charge in [-0.05, 0) is 69.2 Å². The van der Waals surface area contributed by atoms with Gasteiger partial charge in [0.05, 0.1) is 28.2 Å². The van der Waals surface area contributed by atoms with Crippen molar-refractivity contribution in [1.82, 2.24) is 20.4 Å². The molecular formula is C28H30ClFN4O3. The minimum Gasteiger partial charge on any atom is -0.484 e. The van der Waals surface area contributed by atoms with E-state index in [1.54, 1.807) is 10.9 Å². The van der Waals surface area contributed by atoms with Crippen LogP contribution in [-0.4, -0.2) is 39.3 Å². The first kappa shape index (κ1) is 25.3. The molecule has 9 heteroatoms. The van der Waals surface area contributed by atoms with Crippen LogP contribution in [0.3, 0.4) is 0 Å². The second-order valence-corrected chi connectivity index (χ2v) is 10.7. The zero-order valence-corrected chi connectivity index (χ0v) is 21.6. The molecule has 3 saturated carbocycles. The largest absolute Gasteiger partial charge is 0.484 e. The summed E-state index contributed by atoms with van der Waals surface area (Å²) in [5.74, 6) is -0.524. The average Bonchev–Trinajstić information content (AvgIpc) is 3.28. The van der Waals surface area contributed by atoms with Gasteiger partial charge >= 0.3 is 0 Å². The molecule has 0 spiro atoms. The molecule has 1 atom stereocenters. The van der Waals surface area contributed by atoms with Crippen LogP contribution in [-0.2, 0) is 4.79 Å². The van der Waals surface area contributed by atoms with E-state index in [4.69, 9.17) is 16.3 Å². The van der Waals surface area contributed by atoms with Crippen LogP contribution in [0.4, 0.5) is 4.39 Å². The number of nitrogens with zero attached hydrogens (tertiary/aromatic N) is 2. The molecule has 2 amide bonds. The fourth-order valence-corrected chi connectivity index (χ4v) is 6.00. The number of hydrogen-bond donors (Lipinski definition) is 2. The number of aromatic nitrogens is 2. The topological polar surface area (TPSA) is 85.2 Å². The summed E-state index contributed by atoms with van der Waals surface area (Å²) in [6, 6.07) is 13.8. The lowest BCUT2D eigenvalue weighted by atomic mass is 9.56. The smallest absolute Gasteiger partial charge is 0.258 e. The van der Waals surface area contributed by atoms with Gasteiger partial charge < -0.3 is 15.4 Å². The van der Waals surface area contributed by atoms with Crippen molar-refractivity contribution < 1.29 is 18.7 Å². The highest BCUT2D eigenvalue weighted by atomic mass is 35.5. The van der Waals surface area contributed by atoms with Gasteiger partial charge in [0.25, 0.3) is 11.8 Å². The molecule has 2 aromatic carbocycles. The van der Waals surface area contributed by atoms with Gasteiger partial charge in [0.1, 0.15) is 11.6 Å². The molecule has 1 heterocycles. The molecule has 2 bridgehead atoms. The monoisotopic (exact) mass is 524 g/mol. The van der Waals surface area contributed by atoms with Gasteiger partial charge in [-0.2, -0.15) is 5.10 Å². The number of nitrogens with one attached hydrogen (secondary N) is 2. The number of carbonyl (C=O) groups is 2. The Morgan fingerprint density at radius 3 is 2.54 bits per heavy atom. The molecule has 6 rings (SSSR count). The number of hydrogen-bond acceptors (Lipinski definition) is 4. The van der Waals surface area contributed by atoms with Crippen LogP contribution >= 0.6 is 11.6 Å². The van der Waals surface area contributed by atoms with Crippen molar-refractivity contribution in [3.63, 3.8) is 0 Å². The van der Waals surface area contributed by atoms with E-state index >= 15 is 0 Å². The number of amides is 2. The van der Waals surface area contributed by atoms with E-state index in [1.807, 2.05) is 37.3 Å². The second-order valence-electron chi connectivity index (χ2n) is 10.3. The molecule has 3 fully saturated rings. The Morgan fingerprint density at radius 1 is 1.14 bits per heavy atom. The van der Waals surface area contributed by atoms with Crippen LogP contribution < -0.4 is 15.4 Å². The Hall–Kier alpha value is -3.39. The molecule has 3 aliphatic carbocycles. The van der Waals surface area contributed by atoms with E-state index in [0.29, 0.717) is 5.56 Å². The number of fused-ring (bicyclic) bond motifs is 3. The quantitative estimate of drug-likeness (QED) is 0.456. The SMILES string of the molecule is Cc1c(C(=O)NC23CCC(NC(=O)COc4ccc(Cl)c(F)c4)(CC2)CC3C)cnn1-c1ccccc1. The Balaban J connectivity index is 1.20. The van der Waals surface area contributed by atoms with Crippen molar-refractivity contribution in [3.05, 3.63) is 76.8 Å². The molecule has 194 valence electrons. The van der Waals surface area contributed by atoms with E-state index in [0.717, 1.165) is 43.5 Å². The average molecular weight is 525 g/mol. The molecule has 37 heavy (non-hydrogen) atoms. The van der Waals surface area contributed by atoms with Crippen molar-refractivity contribution in [2.45, 2.75) is 57.0 Å². The van der Waals surface area contributed by atoms with E-state index in [-0.39, 0.29) is 46.2 Å². The van der Waals surface area contributed by atoms with Crippen molar-refractivity contribution in [1.29, 1.82) is 0 Å². The third kappa shape index (κ3) is 4.94. The van der Waals surface area contributed by atoms with Crippen molar-refractivity contribution >= 4 is 23.4 Å². The zero-order chi connectivity index (χ0) is 26.2. The predicted octanol–water partition coefficient (Wildman–Crippen LogP) is 4.99. The summed E-state index contributed by atoms with van der Waals surface area (Å²) in [5, 5.41) is 11.0. The van der Waals surface area contributed by atoms with Crippen molar-refractivity contribution in [3.8, 4) is 11.4 Å². The molecule has 0 radical (unpaired) electrons. The van der Waals surface area contributed by atoms with E-state index < -0.39 is 5.82 Å². The summed E-state index contributed by atoms with van der Waals surface area (Å²) in [4.78, 5) is 26.0. The standard InChI is InChI=1S/C28H30ClFN4O3/c1-18-15-27(32-25(35)17-37-21-8-9-23(29)24(30)14-21)10-12-28(18,13-11-27)33-26(36)22-16-31-34(19(22)2)20-6-4-3-5-7-20/h3-9,14,16,18H,10-13,15,17H2,1-2H3,(H,32,35)(H,33,36). The first-order chi connectivity index (χ1) is 17.7. The first-order valence-corrected chi connectivity index (χ1v) is 12.9. The summed E-state index contributed by atoms with van der Waals surface area (Å²) in [6.07, 6.45) is 5.46. The number of carbonyl (C=O) groups excluding carboxylic acids is 2. The Kier molecular flexibility index (Phi) is 6.70. The molecule has 2 N–H and O–H groups in total. The van der Waals surface area contributed by atoms with Crippen LogP contribution in [0.15, 0.2) is 54.7 Å². The van der Waals surface area contributed by atoms with Crippen LogP contribution in [0, 0.1) is 18.7 Å². The summed E-state index contributed by atoms with van der Waals surface area (Å²) >= 11 is 5.70. The maximum absolute atomic E-state index is 13.6. The highest BCUT2D eigenvalue weighted by Crippen LogP contribution is 2.50. The lowest BCUT2D eigenvalue weighted by Crippen LogP contribution is -2.67. The van der Waals surface area contributed by atoms with Crippen molar-refractivity contribution in [2.75, 3.05) is 6.61 Å². The van der Waals surface area contributed by atoms with Gasteiger partial charge in [0.15, 0.2) is 6.61 Å².